The zero-order valence-corrected chi connectivity index (χ0v) is 14.0. The number of hydrogen-bond acceptors (Lipinski definition) is 3. The van der Waals surface area contributed by atoms with Crippen molar-refractivity contribution in [1.29, 1.82) is 0 Å². The summed E-state index contributed by atoms with van der Waals surface area (Å²) in [5.41, 5.74) is 2.08. The number of amides is 1. The summed E-state index contributed by atoms with van der Waals surface area (Å²) in [4.78, 5) is 23.6. The maximum atomic E-state index is 12.3. The van der Waals surface area contributed by atoms with Crippen molar-refractivity contribution in [3.8, 4) is 0 Å². The van der Waals surface area contributed by atoms with Crippen LogP contribution in [0.5, 0.6) is 0 Å². The molecule has 5 nitrogen and oxygen atoms in total. The first-order valence-electron chi connectivity index (χ1n) is 8.64. The van der Waals surface area contributed by atoms with Gasteiger partial charge in [0.15, 0.2) is 0 Å². The summed E-state index contributed by atoms with van der Waals surface area (Å²) in [6, 6.07) is 14.1. The van der Waals surface area contributed by atoms with Crippen LogP contribution in [0.2, 0.25) is 0 Å². The first-order chi connectivity index (χ1) is 12.1. The summed E-state index contributed by atoms with van der Waals surface area (Å²) >= 11 is 0. The molecule has 2 aromatic rings. The number of carboxylic acids is 1. The number of nitrogens with one attached hydrogen (secondary N) is 2. The predicted octanol–water partition coefficient (Wildman–Crippen LogP) is 4.19. The molecule has 0 aliphatic heterocycles. The van der Waals surface area contributed by atoms with Gasteiger partial charge in [0.05, 0.1) is 11.3 Å². The van der Waals surface area contributed by atoms with Crippen LogP contribution in [0.4, 0.5) is 11.4 Å². The Morgan fingerprint density at radius 2 is 1.60 bits per heavy atom. The molecule has 1 fully saturated rings. The monoisotopic (exact) mass is 338 g/mol. The van der Waals surface area contributed by atoms with E-state index in [1.165, 1.54) is 19.3 Å². The van der Waals surface area contributed by atoms with Crippen LogP contribution in [0, 0.1) is 0 Å². The smallest absolute Gasteiger partial charge is 0.337 e. The molecule has 1 amide bonds. The number of benzene rings is 2. The SMILES string of the molecule is O=C(NC1CCCCC1)c1ccc(Nc2ccccc2C(=O)O)cc1. The van der Waals surface area contributed by atoms with Crippen LogP contribution >= 0.6 is 0 Å². The highest BCUT2D eigenvalue weighted by Crippen LogP contribution is 2.22. The molecule has 0 heterocycles. The number of anilines is 2. The van der Waals surface area contributed by atoms with Crippen LogP contribution < -0.4 is 10.6 Å². The van der Waals surface area contributed by atoms with E-state index < -0.39 is 5.97 Å². The average molecular weight is 338 g/mol. The molecule has 3 N–H and O–H groups in total. The lowest BCUT2D eigenvalue weighted by atomic mass is 9.95. The Kier molecular flexibility index (Phi) is 5.33. The number of aromatic carboxylic acids is 1. The third kappa shape index (κ3) is 4.38. The Bertz CT molecular complexity index is 750. The fourth-order valence-electron chi connectivity index (χ4n) is 3.15. The van der Waals surface area contributed by atoms with E-state index in [0.29, 0.717) is 11.3 Å². The summed E-state index contributed by atoms with van der Waals surface area (Å²) < 4.78 is 0. The second kappa shape index (κ2) is 7.83. The predicted molar refractivity (Wildman–Crippen MR) is 97.5 cm³/mol. The van der Waals surface area contributed by atoms with Gasteiger partial charge in [-0.05, 0) is 49.2 Å². The Morgan fingerprint density at radius 3 is 2.28 bits per heavy atom. The molecule has 0 unspecified atom stereocenters. The molecule has 0 spiro atoms. The van der Waals surface area contributed by atoms with E-state index in [2.05, 4.69) is 10.6 Å². The lowest BCUT2D eigenvalue weighted by Gasteiger charge is -2.22. The van der Waals surface area contributed by atoms with Crippen LogP contribution in [0.3, 0.4) is 0 Å². The van der Waals surface area contributed by atoms with Crippen LogP contribution in [0.25, 0.3) is 0 Å². The summed E-state index contributed by atoms with van der Waals surface area (Å²) in [6.07, 6.45) is 5.72. The molecule has 0 atom stereocenters. The summed E-state index contributed by atoms with van der Waals surface area (Å²) in [5, 5.41) is 15.4. The Balaban J connectivity index is 1.66. The largest absolute Gasteiger partial charge is 0.478 e. The molecule has 130 valence electrons. The standard InChI is InChI=1S/C20H22N2O3/c23-19(22-15-6-2-1-3-7-15)14-10-12-16(13-11-14)21-18-9-5-4-8-17(18)20(24)25/h4-5,8-13,15,21H,1-3,6-7H2,(H,22,23)(H,24,25). The van der Waals surface area contributed by atoms with Crippen LogP contribution in [0.1, 0.15) is 52.8 Å². The van der Waals surface area contributed by atoms with Crippen LogP contribution in [-0.4, -0.2) is 23.0 Å². The van der Waals surface area contributed by atoms with Crippen molar-refractivity contribution >= 4 is 23.3 Å². The van der Waals surface area contributed by atoms with Gasteiger partial charge in [0.1, 0.15) is 0 Å². The fourth-order valence-corrected chi connectivity index (χ4v) is 3.15. The van der Waals surface area contributed by atoms with E-state index in [4.69, 9.17) is 0 Å². The van der Waals surface area contributed by atoms with Crippen molar-refractivity contribution in [1.82, 2.24) is 5.32 Å². The number of rotatable bonds is 5. The lowest BCUT2D eigenvalue weighted by Crippen LogP contribution is -2.36. The third-order valence-corrected chi connectivity index (χ3v) is 4.52. The first-order valence-corrected chi connectivity index (χ1v) is 8.64. The lowest BCUT2D eigenvalue weighted by molar-refractivity contribution is 0.0697. The molecule has 3 rings (SSSR count). The van der Waals surface area contributed by atoms with Gasteiger partial charge in [-0.25, -0.2) is 4.79 Å². The third-order valence-electron chi connectivity index (χ3n) is 4.52. The minimum Gasteiger partial charge on any atom is -0.478 e. The number of carboxylic acid groups (broad SMARTS) is 1. The maximum absolute atomic E-state index is 12.3. The fraction of sp³-hybridized carbons (Fsp3) is 0.300. The van der Waals surface area contributed by atoms with E-state index >= 15 is 0 Å². The molecule has 0 radical (unpaired) electrons. The van der Waals surface area contributed by atoms with Gasteiger partial charge in [0.25, 0.3) is 5.91 Å². The summed E-state index contributed by atoms with van der Waals surface area (Å²) in [5.74, 6) is -1.03. The van der Waals surface area contributed by atoms with E-state index in [1.54, 1.807) is 48.5 Å². The zero-order valence-electron chi connectivity index (χ0n) is 14.0. The van der Waals surface area contributed by atoms with Crippen molar-refractivity contribution in [2.24, 2.45) is 0 Å². The molecule has 1 aliphatic carbocycles. The summed E-state index contributed by atoms with van der Waals surface area (Å²) in [6.45, 7) is 0. The van der Waals surface area contributed by atoms with Crippen molar-refractivity contribution in [3.63, 3.8) is 0 Å². The van der Waals surface area contributed by atoms with Gasteiger partial charge in [-0.2, -0.15) is 0 Å². The quantitative estimate of drug-likeness (QED) is 0.764. The number of carbonyl (C=O) groups excluding carboxylic acids is 1. The second-order valence-electron chi connectivity index (χ2n) is 6.36. The number of hydrogen-bond donors (Lipinski definition) is 3. The van der Waals surface area contributed by atoms with Crippen molar-refractivity contribution in [3.05, 3.63) is 59.7 Å². The normalized spacial score (nSPS) is 14.7. The summed E-state index contributed by atoms with van der Waals surface area (Å²) in [7, 11) is 0. The molecular weight excluding hydrogens is 316 g/mol. The zero-order chi connectivity index (χ0) is 17.6. The van der Waals surface area contributed by atoms with E-state index in [9.17, 15) is 14.7 Å². The molecule has 5 heteroatoms. The van der Waals surface area contributed by atoms with Gasteiger partial charge in [0, 0.05) is 17.3 Å². The molecule has 0 aromatic heterocycles. The Hall–Kier alpha value is -2.82. The molecule has 0 bridgehead atoms. The molecular formula is C20H22N2O3. The molecule has 2 aromatic carbocycles. The minimum atomic E-state index is -0.980. The van der Waals surface area contributed by atoms with Crippen molar-refractivity contribution < 1.29 is 14.7 Å². The highest BCUT2D eigenvalue weighted by atomic mass is 16.4. The van der Waals surface area contributed by atoms with Gasteiger partial charge >= 0.3 is 5.97 Å². The van der Waals surface area contributed by atoms with Gasteiger partial charge < -0.3 is 15.7 Å². The molecule has 25 heavy (non-hydrogen) atoms. The van der Waals surface area contributed by atoms with Gasteiger partial charge in [-0.15, -0.1) is 0 Å². The maximum Gasteiger partial charge on any atom is 0.337 e. The number of carbonyl (C=O) groups is 2. The Labute approximate surface area is 147 Å². The highest BCUT2D eigenvalue weighted by Gasteiger charge is 2.16. The first kappa shape index (κ1) is 17.0. The minimum absolute atomic E-state index is 0.0515. The Morgan fingerprint density at radius 1 is 0.920 bits per heavy atom. The van der Waals surface area contributed by atoms with Crippen molar-refractivity contribution in [2.45, 2.75) is 38.1 Å². The highest BCUT2D eigenvalue weighted by molar-refractivity contribution is 5.96. The van der Waals surface area contributed by atoms with E-state index in [-0.39, 0.29) is 17.5 Å². The van der Waals surface area contributed by atoms with Gasteiger partial charge in [-0.1, -0.05) is 31.4 Å². The molecule has 1 aliphatic rings. The topological polar surface area (TPSA) is 78.4 Å². The molecule has 1 saturated carbocycles. The van der Waals surface area contributed by atoms with Crippen LogP contribution in [-0.2, 0) is 0 Å². The van der Waals surface area contributed by atoms with Crippen molar-refractivity contribution in [2.75, 3.05) is 5.32 Å². The van der Waals surface area contributed by atoms with Gasteiger partial charge in [-0.3, -0.25) is 4.79 Å². The number of para-hydroxylation sites is 1. The molecule has 0 saturated heterocycles. The average Bonchev–Trinajstić information content (AvgIpc) is 2.63. The van der Waals surface area contributed by atoms with Crippen LogP contribution in [0.15, 0.2) is 48.5 Å². The van der Waals surface area contributed by atoms with E-state index in [0.717, 1.165) is 18.5 Å². The van der Waals surface area contributed by atoms with E-state index in [1.807, 2.05) is 0 Å². The second-order valence-corrected chi connectivity index (χ2v) is 6.36. The van der Waals surface area contributed by atoms with Gasteiger partial charge in [0.2, 0.25) is 0 Å².